The molecular weight excluding hydrogens is 489 g/mol. The fourth-order valence-corrected chi connectivity index (χ4v) is 3.38. The summed E-state index contributed by atoms with van der Waals surface area (Å²) in [5, 5.41) is 8.47. The lowest BCUT2D eigenvalue weighted by Gasteiger charge is -2.16. The van der Waals surface area contributed by atoms with Crippen LogP contribution < -0.4 is 5.73 Å². The molecule has 0 saturated carbocycles. The SMILES string of the molecule is CC(CCC(C)OC(=O)OCO[P+](=O)CO[C@H](C)Cn1cnc2c(N)ncnc21)OC(=O)OCO. The van der Waals surface area contributed by atoms with Gasteiger partial charge in [0, 0.05) is 0 Å². The van der Waals surface area contributed by atoms with Gasteiger partial charge in [-0.2, -0.15) is 0 Å². The first-order chi connectivity index (χ1) is 16.7. The van der Waals surface area contributed by atoms with Crippen LogP contribution in [0.3, 0.4) is 0 Å². The van der Waals surface area contributed by atoms with Crippen molar-refractivity contribution in [3.63, 3.8) is 0 Å². The quantitative estimate of drug-likeness (QED) is 0.210. The number of nitrogen functional groups attached to an aromatic ring is 1. The predicted molar refractivity (Wildman–Crippen MR) is 119 cm³/mol. The Kier molecular flexibility index (Phi) is 11.5. The van der Waals surface area contributed by atoms with E-state index in [0.717, 1.165) is 0 Å². The van der Waals surface area contributed by atoms with E-state index in [1.807, 2.05) is 0 Å². The third kappa shape index (κ3) is 9.94. The molecule has 15 nitrogen and oxygen atoms in total. The number of nitrogens with zero attached hydrogens (tertiary/aromatic N) is 4. The van der Waals surface area contributed by atoms with E-state index in [0.29, 0.717) is 30.6 Å². The van der Waals surface area contributed by atoms with Crippen molar-refractivity contribution in [1.82, 2.24) is 19.5 Å². The Morgan fingerprint density at radius 2 is 1.71 bits per heavy atom. The summed E-state index contributed by atoms with van der Waals surface area (Å²) in [7, 11) is -2.25. The minimum atomic E-state index is -2.25. The molecule has 3 unspecified atom stereocenters. The molecule has 0 bridgehead atoms. The van der Waals surface area contributed by atoms with Crippen molar-refractivity contribution in [2.75, 3.05) is 25.7 Å². The number of rotatable bonds is 14. The molecule has 4 atom stereocenters. The number of nitrogens with two attached hydrogens (primary N) is 1. The second-order valence-electron chi connectivity index (χ2n) is 7.37. The van der Waals surface area contributed by atoms with Gasteiger partial charge < -0.3 is 39.1 Å². The molecule has 0 aliphatic rings. The van der Waals surface area contributed by atoms with Gasteiger partial charge in [0.2, 0.25) is 6.79 Å². The monoisotopic (exact) mass is 518 g/mol. The molecule has 0 saturated heterocycles. The lowest BCUT2D eigenvalue weighted by molar-refractivity contribution is -0.0298. The van der Waals surface area contributed by atoms with Crippen molar-refractivity contribution in [2.24, 2.45) is 0 Å². The van der Waals surface area contributed by atoms with Gasteiger partial charge in [0.15, 0.2) is 18.3 Å². The molecule has 0 aromatic carbocycles. The molecule has 0 spiro atoms. The van der Waals surface area contributed by atoms with Crippen molar-refractivity contribution in [3.8, 4) is 0 Å². The highest BCUT2D eigenvalue weighted by molar-refractivity contribution is 7.38. The van der Waals surface area contributed by atoms with Crippen LogP contribution >= 0.6 is 8.03 Å². The Balaban J connectivity index is 1.59. The predicted octanol–water partition coefficient (Wildman–Crippen LogP) is 2.30. The van der Waals surface area contributed by atoms with Gasteiger partial charge in [-0.05, 0) is 38.2 Å². The van der Waals surface area contributed by atoms with Crippen LogP contribution in [-0.2, 0) is 39.3 Å². The summed E-state index contributed by atoms with van der Waals surface area (Å²) in [6.07, 6.45) is 0.0305. The number of fused-ring (bicyclic) bond motifs is 1. The van der Waals surface area contributed by atoms with Crippen LogP contribution in [0.1, 0.15) is 33.6 Å². The number of hydrogen-bond acceptors (Lipinski definition) is 14. The van der Waals surface area contributed by atoms with Gasteiger partial charge in [0.25, 0.3) is 6.35 Å². The minimum absolute atomic E-state index is 0.217. The van der Waals surface area contributed by atoms with E-state index in [1.165, 1.54) is 6.33 Å². The number of aliphatic hydroxyl groups is 1. The second-order valence-corrected chi connectivity index (χ2v) is 8.55. The fourth-order valence-electron chi connectivity index (χ4n) is 2.76. The maximum atomic E-state index is 12.0. The van der Waals surface area contributed by atoms with Crippen LogP contribution in [-0.4, -0.2) is 75.2 Å². The zero-order valence-electron chi connectivity index (χ0n) is 19.6. The zero-order valence-corrected chi connectivity index (χ0v) is 20.5. The number of aliphatic hydroxyl groups excluding tert-OH is 1. The van der Waals surface area contributed by atoms with Crippen molar-refractivity contribution >= 4 is 37.3 Å². The molecule has 0 fully saturated rings. The maximum absolute atomic E-state index is 12.0. The summed E-state index contributed by atoms with van der Waals surface area (Å²) in [6, 6.07) is 0. The van der Waals surface area contributed by atoms with Gasteiger partial charge in [-0.3, -0.25) is 0 Å². The molecule has 2 rings (SSSR count). The van der Waals surface area contributed by atoms with Crippen molar-refractivity contribution in [3.05, 3.63) is 12.7 Å². The van der Waals surface area contributed by atoms with Gasteiger partial charge >= 0.3 is 20.3 Å². The fraction of sp³-hybridized carbons (Fsp3) is 0.632. The average molecular weight is 518 g/mol. The van der Waals surface area contributed by atoms with Crippen LogP contribution in [0.2, 0.25) is 0 Å². The summed E-state index contributed by atoms with van der Waals surface area (Å²) in [5.41, 5.74) is 6.80. The molecule has 35 heavy (non-hydrogen) atoms. The lowest BCUT2D eigenvalue weighted by atomic mass is 10.1. The van der Waals surface area contributed by atoms with Gasteiger partial charge in [-0.1, -0.05) is 0 Å². The largest absolute Gasteiger partial charge is 0.540 e. The van der Waals surface area contributed by atoms with Crippen molar-refractivity contribution in [1.29, 1.82) is 0 Å². The Morgan fingerprint density at radius 3 is 2.37 bits per heavy atom. The highest BCUT2D eigenvalue weighted by atomic mass is 31.1. The highest BCUT2D eigenvalue weighted by Crippen LogP contribution is 2.23. The number of aromatic nitrogens is 4. The van der Waals surface area contributed by atoms with E-state index in [-0.39, 0.29) is 18.3 Å². The molecule has 194 valence electrons. The van der Waals surface area contributed by atoms with Crippen LogP contribution in [0.5, 0.6) is 0 Å². The van der Waals surface area contributed by atoms with E-state index in [4.69, 9.17) is 34.3 Å². The lowest BCUT2D eigenvalue weighted by Crippen LogP contribution is -2.21. The normalized spacial score (nSPS) is 14.1. The number of ether oxygens (including phenoxy) is 5. The smallest absolute Gasteiger partial charge is 0.431 e. The molecule has 16 heteroatoms. The highest BCUT2D eigenvalue weighted by Gasteiger charge is 2.22. The van der Waals surface area contributed by atoms with Gasteiger partial charge in [-0.25, -0.2) is 24.5 Å². The minimum Gasteiger partial charge on any atom is -0.431 e. The van der Waals surface area contributed by atoms with Crippen molar-refractivity contribution < 1.29 is 47.5 Å². The standard InChI is InChI=1S/C19H29N5O10P/c1-12(33-18(26)29-9-25)4-5-13(2)34-19(27)30-10-32-35(28)11-31-14(3)6-24-8-23-15-16(20)21-7-22-17(15)24/h7-8,12-14,25H,4-6,9-11H2,1-3H3,(H2,20,21,22)/q+1/t12?,13?,14-/m1/s1. The van der Waals surface area contributed by atoms with Crippen molar-refractivity contribution in [2.45, 2.75) is 58.5 Å². The molecule has 0 amide bonds. The molecule has 0 radical (unpaired) electrons. The Morgan fingerprint density at radius 1 is 1.06 bits per heavy atom. The Bertz CT molecular complexity index is 990. The topological polar surface area (TPSA) is 196 Å². The van der Waals surface area contributed by atoms with Gasteiger partial charge in [0.1, 0.15) is 24.1 Å². The van der Waals surface area contributed by atoms with Crippen LogP contribution in [0.4, 0.5) is 15.4 Å². The average Bonchev–Trinajstić information content (AvgIpc) is 3.20. The molecule has 2 aromatic heterocycles. The molecule has 3 N–H and O–H groups in total. The van der Waals surface area contributed by atoms with Gasteiger partial charge in [0.05, 0.1) is 19.0 Å². The maximum Gasteiger partial charge on any atom is 0.540 e. The Labute approximate surface area is 201 Å². The molecule has 0 aliphatic carbocycles. The summed E-state index contributed by atoms with van der Waals surface area (Å²) in [5.74, 6) is 0.274. The second kappa shape index (κ2) is 14.3. The Hall–Kier alpha value is -3.13. The summed E-state index contributed by atoms with van der Waals surface area (Å²) in [4.78, 5) is 35.0. The first kappa shape index (κ1) is 28.1. The first-order valence-electron chi connectivity index (χ1n) is 10.6. The van der Waals surface area contributed by atoms with Gasteiger partial charge in [-0.15, -0.1) is 4.52 Å². The number of imidazole rings is 1. The number of carbonyl (C=O) groups excluding carboxylic acids is 2. The summed E-state index contributed by atoms with van der Waals surface area (Å²) >= 11 is 0. The number of carbonyl (C=O) groups is 2. The third-order valence-electron chi connectivity index (χ3n) is 4.48. The molecule has 2 heterocycles. The summed E-state index contributed by atoms with van der Waals surface area (Å²) in [6.45, 7) is 4.05. The molecule has 2 aromatic rings. The summed E-state index contributed by atoms with van der Waals surface area (Å²) < 4.78 is 43.0. The van der Waals surface area contributed by atoms with E-state index in [2.05, 4.69) is 19.7 Å². The van der Waals surface area contributed by atoms with E-state index >= 15 is 0 Å². The first-order valence-corrected chi connectivity index (χ1v) is 11.9. The molecule has 0 aliphatic heterocycles. The van der Waals surface area contributed by atoms with Crippen LogP contribution in [0.15, 0.2) is 12.7 Å². The van der Waals surface area contributed by atoms with Crippen LogP contribution in [0.25, 0.3) is 11.2 Å². The third-order valence-corrected chi connectivity index (χ3v) is 5.23. The van der Waals surface area contributed by atoms with Crippen LogP contribution in [0, 0.1) is 0 Å². The van der Waals surface area contributed by atoms with E-state index in [1.54, 1.807) is 31.7 Å². The number of hydrogen-bond donors (Lipinski definition) is 2. The number of anilines is 1. The van der Waals surface area contributed by atoms with E-state index < -0.39 is 46.1 Å². The van der Waals surface area contributed by atoms with E-state index in [9.17, 15) is 14.2 Å². The molecular formula is C19H29N5O10P+. The zero-order chi connectivity index (χ0) is 25.8.